The van der Waals surface area contributed by atoms with E-state index in [9.17, 15) is 13.2 Å². The average molecular weight is 432 g/mol. The molecule has 0 fully saturated rings. The van der Waals surface area contributed by atoms with Crippen molar-refractivity contribution >= 4 is 38.1 Å². The van der Waals surface area contributed by atoms with Crippen molar-refractivity contribution in [2.75, 3.05) is 23.3 Å². The zero-order valence-corrected chi connectivity index (χ0v) is 16.8. The molecule has 1 aliphatic heterocycles. The molecule has 4 rings (SSSR count). The Labute approximate surface area is 170 Å². The van der Waals surface area contributed by atoms with Crippen molar-refractivity contribution in [2.24, 2.45) is 0 Å². The van der Waals surface area contributed by atoms with Crippen molar-refractivity contribution in [1.82, 2.24) is 10.2 Å². The highest BCUT2D eigenvalue weighted by Gasteiger charge is 2.22. The first-order valence-corrected chi connectivity index (χ1v) is 10.8. The quantitative estimate of drug-likeness (QED) is 0.595. The lowest BCUT2D eigenvalue weighted by Gasteiger charge is -2.18. The molecule has 1 aliphatic rings. The molecule has 11 heteroatoms. The number of rotatable bonds is 5. The van der Waals surface area contributed by atoms with Gasteiger partial charge in [0.1, 0.15) is 13.2 Å². The maximum Gasteiger partial charge on any atom is 0.291 e. The van der Waals surface area contributed by atoms with Gasteiger partial charge >= 0.3 is 0 Å². The van der Waals surface area contributed by atoms with Crippen molar-refractivity contribution < 1.29 is 22.7 Å². The zero-order valence-electron chi connectivity index (χ0n) is 15.2. The number of fused-ring (bicyclic) bond motifs is 1. The third-order valence-electron chi connectivity index (χ3n) is 3.93. The molecule has 0 atom stereocenters. The van der Waals surface area contributed by atoms with Crippen molar-refractivity contribution in [2.45, 2.75) is 11.3 Å². The predicted molar refractivity (Wildman–Crippen MR) is 107 cm³/mol. The zero-order chi connectivity index (χ0) is 20.4. The van der Waals surface area contributed by atoms with E-state index in [4.69, 9.17) is 9.47 Å². The molecule has 0 bridgehead atoms. The lowest BCUT2D eigenvalue weighted by atomic mass is 10.1. The van der Waals surface area contributed by atoms with Gasteiger partial charge in [-0.3, -0.25) is 14.8 Å². The number of nitrogens with zero attached hydrogens (tertiary/aromatic N) is 2. The van der Waals surface area contributed by atoms with Gasteiger partial charge < -0.3 is 9.47 Å². The summed E-state index contributed by atoms with van der Waals surface area (Å²) in [5.41, 5.74) is 1.68. The molecule has 0 aliphatic carbocycles. The molecule has 29 heavy (non-hydrogen) atoms. The smallest absolute Gasteiger partial charge is 0.291 e. The molecule has 0 spiro atoms. The Morgan fingerprint density at radius 1 is 1.07 bits per heavy atom. The first kappa shape index (κ1) is 19.2. The monoisotopic (exact) mass is 432 g/mol. The van der Waals surface area contributed by atoms with Gasteiger partial charge in [-0.2, -0.15) is 8.42 Å². The Balaban J connectivity index is 1.48. The van der Waals surface area contributed by atoms with E-state index in [1.807, 2.05) is 13.0 Å². The fourth-order valence-electron chi connectivity index (χ4n) is 2.63. The predicted octanol–water partition coefficient (Wildman–Crippen LogP) is 2.67. The van der Waals surface area contributed by atoms with Crippen LogP contribution in [-0.4, -0.2) is 37.7 Å². The number of sulfonamides is 1. The maximum atomic E-state index is 12.6. The second kappa shape index (κ2) is 7.68. The molecule has 3 aromatic rings. The highest BCUT2D eigenvalue weighted by molar-refractivity contribution is 7.94. The summed E-state index contributed by atoms with van der Waals surface area (Å²) in [6, 6.07) is 11.7. The molecule has 1 aromatic heterocycles. The Morgan fingerprint density at radius 3 is 2.66 bits per heavy atom. The highest BCUT2D eigenvalue weighted by atomic mass is 32.2. The molecule has 9 nitrogen and oxygen atoms in total. The first-order chi connectivity index (χ1) is 13.9. The number of anilines is 2. The van der Waals surface area contributed by atoms with E-state index < -0.39 is 15.9 Å². The van der Waals surface area contributed by atoms with Crippen molar-refractivity contribution in [3.8, 4) is 11.5 Å². The van der Waals surface area contributed by atoms with Gasteiger partial charge in [-0.05, 0) is 31.2 Å². The van der Waals surface area contributed by atoms with Crippen LogP contribution in [0.4, 0.5) is 10.8 Å². The van der Waals surface area contributed by atoms with Crippen LogP contribution in [-0.2, 0) is 10.0 Å². The van der Waals surface area contributed by atoms with E-state index in [0.717, 1.165) is 16.9 Å². The number of ether oxygens (including phenoxy) is 2. The van der Waals surface area contributed by atoms with Gasteiger partial charge in [0.25, 0.3) is 20.3 Å². The summed E-state index contributed by atoms with van der Waals surface area (Å²) in [4.78, 5) is 12.3. The Kier molecular flexibility index (Phi) is 5.07. The molecule has 150 valence electrons. The van der Waals surface area contributed by atoms with Gasteiger partial charge in [0.05, 0.1) is 5.69 Å². The van der Waals surface area contributed by atoms with Crippen molar-refractivity contribution in [3.63, 3.8) is 0 Å². The number of amides is 1. The fraction of sp³-hybridized carbons (Fsp3) is 0.167. The molecule has 2 N–H and O–H groups in total. The molecule has 0 radical (unpaired) electrons. The maximum absolute atomic E-state index is 12.6. The second-order valence-electron chi connectivity index (χ2n) is 6.16. The van der Waals surface area contributed by atoms with Crippen LogP contribution < -0.4 is 19.5 Å². The molecular formula is C18H16N4O5S2. The van der Waals surface area contributed by atoms with Crippen LogP contribution in [0.1, 0.15) is 15.9 Å². The van der Waals surface area contributed by atoms with Crippen LogP contribution in [0.25, 0.3) is 0 Å². The number of aromatic nitrogens is 2. The molecule has 1 amide bonds. The molecule has 2 heterocycles. The Bertz CT molecular complexity index is 1180. The fourth-order valence-corrected chi connectivity index (χ4v) is 4.58. The molecular weight excluding hydrogens is 416 g/mol. The van der Waals surface area contributed by atoms with Crippen LogP contribution in [0.2, 0.25) is 0 Å². The van der Waals surface area contributed by atoms with E-state index in [-0.39, 0.29) is 9.47 Å². The summed E-state index contributed by atoms with van der Waals surface area (Å²) in [6.45, 7) is 2.71. The van der Waals surface area contributed by atoms with E-state index in [0.29, 0.717) is 36.0 Å². The van der Waals surface area contributed by atoms with Crippen LogP contribution in [0.15, 0.2) is 46.8 Å². The second-order valence-corrected chi connectivity index (χ2v) is 8.99. The minimum Gasteiger partial charge on any atom is -0.486 e. The molecule has 0 saturated heterocycles. The number of hydrogen-bond acceptors (Lipinski definition) is 8. The Morgan fingerprint density at radius 2 is 1.86 bits per heavy atom. The summed E-state index contributed by atoms with van der Waals surface area (Å²) in [5, 5.41) is 10.1. The summed E-state index contributed by atoms with van der Waals surface area (Å²) in [5.74, 6) is 0.615. The minimum absolute atomic E-state index is 0.0825. The normalized spacial score (nSPS) is 13.0. The largest absolute Gasteiger partial charge is 0.486 e. The SMILES string of the molecule is Cc1cccc(C(=O)Nc2nnc(S(=O)(=O)Nc3ccc4c(c3)OCCO4)s2)c1. The number of benzene rings is 2. The molecule has 0 unspecified atom stereocenters. The van der Waals surface area contributed by atoms with Gasteiger partial charge in [0.15, 0.2) is 11.5 Å². The number of nitrogens with one attached hydrogen (secondary N) is 2. The van der Waals surface area contributed by atoms with Gasteiger partial charge in [0, 0.05) is 11.6 Å². The summed E-state index contributed by atoms with van der Waals surface area (Å²) in [7, 11) is -3.98. The third kappa shape index (κ3) is 4.30. The van der Waals surface area contributed by atoms with E-state index in [1.165, 1.54) is 6.07 Å². The summed E-state index contributed by atoms with van der Waals surface area (Å²) >= 11 is 0.754. The van der Waals surface area contributed by atoms with Crippen LogP contribution in [0.3, 0.4) is 0 Å². The van der Waals surface area contributed by atoms with Crippen molar-refractivity contribution in [1.29, 1.82) is 0 Å². The number of carbonyl (C=O) groups is 1. The number of carbonyl (C=O) groups excluding carboxylic acids is 1. The topological polar surface area (TPSA) is 120 Å². The average Bonchev–Trinajstić information content (AvgIpc) is 3.17. The van der Waals surface area contributed by atoms with Crippen LogP contribution >= 0.6 is 11.3 Å². The summed E-state index contributed by atoms with van der Waals surface area (Å²) in [6.07, 6.45) is 0. The van der Waals surface area contributed by atoms with Crippen LogP contribution in [0.5, 0.6) is 11.5 Å². The minimum atomic E-state index is -3.98. The standard InChI is InChI=1S/C18H16N4O5S2/c1-11-3-2-4-12(9-11)16(23)19-17-20-21-18(28-17)29(24,25)22-13-5-6-14-15(10-13)27-8-7-26-14/h2-6,9-10,22H,7-8H2,1H3,(H,19,20,23). The van der Waals surface area contributed by atoms with Gasteiger partial charge in [0.2, 0.25) is 5.13 Å². The van der Waals surface area contributed by atoms with Crippen LogP contribution in [0, 0.1) is 6.92 Å². The van der Waals surface area contributed by atoms with Crippen molar-refractivity contribution in [3.05, 3.63) is 53.6 Å². The lowest BCUT2D eigenvalue weighted by Crippen LogP contribution is -2.16. The summed E-state index contributed by atoms with van der Waals surface area (Å²) < 4.78 is 38.2. The Hall–Kier alpha value is -3.18. The van der Waals surface area contributed by atoms with E-state index in [2.05, 4.69) is 20.2 Å². The van der Waals surface area contributed by atoms with E-state index in [1.54, 1.807) is 30.3 Å². The lowest BCUT2D eigenvalue weighted by molar-refractivity contribution is 0.102. The first-order valence-electron chi connectivity index (χ1n) is 8.55. The highest BCUT2D eigenvalue weighted by Crippen LogP contribution is 2.33. The number of aryl methyl sites for hydroxylation is 1. The van der Waals surface area contributed by atoms with Gasteiger partial charge in [-0.25, -0.2) is 0 Å². The number of hydrogen-bond donors (Lipinski definition) is 2. The third-order valence-corrected chi connectivity index (χ3v) is 6.52. The molecule has 2 aromatic carbocycles. The van der Waals surface area contributed by atoms with Gasteiger partial charge in [-0.15, -0.1) is 10.2 Å². The van der Waals surface area contributed by atoms with E-state index >= 15 is 0 Å². The molecule has 0 saturated carbocycles. The van der Waals surface area contributed by atoms with Gasteiger partial charge in [-0.1, -0.05) is 29.0 Å².